The van der Waals surface area contributed by atoms with Gasteiger partial charge in [0.25, 0.3) is 0 Å². The van der Waals surface area contributed by atoms with E-state index in [0.717, 1.165) is 18.8 Å². The molecule has 4 rings (SSSR count). The maximum atomic E-state index is 11.2. The summed E-state index contributed by atoms with van der Waals surface area (Å²) in [5.74, 6) is 2.13. The van der Waals surface area contributed by atoms with Crippen LogP contribution in [0.15, 0.2) is 0 Å². The smallest absolute Gasteiger partial charge is 0.0728 e. The van der Waals surface area contributed by atoms with E-state index in [0.29, 0.717) is 23.9 Å². The quantitative estimate of drug-likeness (QED) is 0.834. The Kier molecular flexibility index (Phi) is 2.84. The third-order valence-corrected chi connectivity index (χ3v) is 5.85. The third kappa shape index (κ3) is 1.68. The highest BCUT2D eigenvalue weighted by Crippen LogP contribution is 2.62. The van der Waals surface area contributed by atoms with Crippen LogP contribution in [-0.2, 0) is 4.74 Å². The van der Waals surface area contributed by atoms with Crippen molar-refractivity contribution in [2.24, 2.45) is 23.7 Å². The van der Waals surface area contributed by atoms with Crippen LogP contribution in [0.1, 0.15) is 59.8 Å². The summed E-state index contributed by atoms with van der Waals surface area (Å²) in [5, 5.41) is 11.2. The summed E-state index contributed by atoms with van der Waals surface area (Å²) in [4.78, 5) is 0. The molecule has 0 aromatic carbocycles. The highest BCUT2D eigenvalue weighted by Gasteiger charge is 2.63. The zero-order valence-electron chi connectivity index (χ0n) is 12.3. The average Bonchev–Trinajstić information content (AvgIpc) is 2.22. The van der Waals surface area contributed by atoms with Crippen molar-refractivity contribution in [2.75, 3.05) is 0 Å². The summed E-state index contributed by atoms with van der Waals surface area (Å²) in [7, 11) is 0. The van der Waals surface area contributed by atoms with Gasteiger partial charge in [-0.2, -0.15) is 0 Å². The predicted octanol–water partition coefficient (Wildman–Crippen LogP) is 3.38. The number of aliphatic hydroxyl groups is 1. The van der Waals surface area contributed by atoms with Crippen molar-refractivity contribution < 1.29 is 9.84 Å². The second kappa shape index (κ2) is 3.96. The zero-order valence-corrected chi connectivity index (χ0v) is 12.3. The lowest BCUT2D eigenvalue weighted by Crippen LogP contribution is -2.66. The molecule has 4 bridgehead atoms. The van der Waals surface area contributed by atoms with Crippen LogP contribution < -0.4 is 0 Å². The summed E-state index contributed by atoms with van der Waals surface area (Å²) in [6.07, 6.45) is 6.20. The summed E-state index contributed by atoms with van der Waals surface area (Å²) in [6.45, 7) is 8.68. The van der Waals surface area contributed by atoms with Gasteiger partial charge in [0, 0.05) is 0 Å². The van der Waals surface area contributed by atoms with Crippen molar-refractivity contribution in [1.82, 2.24) is 0 Å². The second-order valence-electron chi connectivity index (χ2n) is 7.74. The number of hydrogen-bond donors (Lipinski definition) is 1. The minimum Gasteiger partial charge on any atom is -0.389 e. The topological polar surface area (TPSA) is 29.5 Å². The van der Waals surface area contributed by atoms with Crippen molar-refractivity contribution in [3.05, 3.63) is 0 Å². The molecule has 0 aliphatic heterocycles. The van der Waals surface area contributed by atoms with Crippen LogP contribution in [0.3, 0.4) is 0 Å². The Morgan fingerprint density at radius 2 is 1.56 bits per heavy atom. The molecule has 104 valence electrons. The van der Waals surface area contributed by atoms with Crippen LogP contribution in [0.5, 0.6) is 0 Å². The lowest BCUT2D eigenvalue weighted by molar-refractivity contribution is -0.262. The molecule has 18 heavy (non-hydrogen) atoms. The fourth-order valence-corrected chi connectivity index (χ4v) is 5.53. The second-order valence-corrected chi connectivity index (χ2v) is 7.74. The van der Waals surface area contributed by atoms with E-state index in [1.807, 2.05) is 0 Å². The Bertz CT molecular complexity index is 314. The molecule has 2 heteroatoms. The van der Waals surface area contributed by atoms with Crippen LogP contribution in [0.25, 0.3) is 0 Å². The number of ether oxygens (including phenoxy) is 1. The van der Waals surface area contributed by atoms with Crippen molar-refractivity contribution in [1.29, 1.82) is 0 Å². The van der Waals surface area contributed by atoms with E-state index in [4.69, 9.17) is 4.74 Å². The Morgan fingerprint density at radius 3 is 2.00 bits per heavy atom. The Labute approximate surface area is 111 Å². The van der Waals surface area contributed by atoms with Gasteiger partial charge in [-0.1, -0.05) is 13.8 Å². The number of hydrogen-bond acceptors (Lipinski definition) is 2. The molecular weight excluding hydrogens is 224 g/mol. The van der Waals surface area contributed by atoms with Gasteiger partial charge in [-0.3, -0.25) is 0 Å². The zero-order chi connectivity index (χ0) is 13.1. The van der Waals surface area contributed by atoms with Gasteiger partial charge in [0.05, 0.1) is 17.3 Å². The van der Waals surface area contributed by atoms with Crippen LogP contribution in [0.2, 0.25) is 0 Å². The van der Waals surface area contributed by atoms with E-state index in [9.17, 15) is 5.11 Å². The summed E-state index contributed by atoms with van der Waals surface area (Å²) >= 11 is 0. The molecule has 4 aliphatic carbocycles. The highest BCUT2D eigenvalue weighted by atomic mass is 16.5. The Hall–Kier alpha value is -0.0800. The molecule has 2 unspecified atom stereocenters. The molecule has 5 atom stereocenters. The van der Waals surface area contributed by atoms with Crippen molar-refractivity contribution >= 4 is 0 Å². The van der Waals surface area contributed by atoms with Gasteiger partial charge in [0.15, 0.2) is 0 Å². The normalized spacial score (nSPS) is 50.5. The molecule has 1 N–H and O–H groups in total. The maximum absolute atomic E-state index is 11.2. The molecule has 4 saturated carbocycles. The molecule has 0 amide bonds. The van der Waals surface area contributed by atoms with Gasteiger partial charge in [0.2, 0.25) is 0 Å². The highest BCUT2D eigenvalue weighted by molar-refractivity contribution is 5.13. The molecule has 0 aromatic heterocycles. The summed E-state index contributed by atoms with van der Waals surface area (Å²) < 4.78 is 6.31. The third-order valence-electron chi connectivity index (χ3n) is 5.85. The van der Waals surface area contributed by atoms with Crippen LogP contribution in [0, 0.1) is 23.7 Å². The summed E-state index contributed by atoms with van der Waals surface area (Å²) in [6, 6.07) is 0. The van der Waals surface area contributed by atoms with Crippen LogP contribution in [0.4, 0.5) is 0 Å². The van der Waals surface area contributed by atoms with E-state index >= 15 is 0 Å². The van der Waals surface area contributed by atoms with Gasteiger partial charge in [-0.15, -0.1) is 0 Å². The van der Waals surface area contributed by atoms with Crippen LogP contribution >= 0.6 is 0 Å². The SMILES string of the molecule is CC(C)O[C@]12CC3CC(C1)[C@](O)(C(C)C)[C@H](C3)C2. The minimum absolute atomic E-state index is 0.103. The van der Waals surface area contributed by atoms with Gasteiger partial charge >= 0.3 is 0 Å². The first-order chi connectivity index (χ1) is 8.36. The molecule has 0 aromatic rings. The molecule has 2 nitrogen and oxygen atoms in total. The molecular formula is C16H28O2. The summed E-state index contributed by atoms with van der Waals surface area (Å²) in [5.41, 5.74) is -0.313. The molecule has 4 aliphatic rings. The first-order valence-corrected chi connectivity index (χ1v) is 7.76. The van der Waals surface area contributed by atoms with Gasteiger partial charge < -0.3 is 9.84 Å². The lowest BCUT2D eigenvalue weighted by atomic mass is 9.46. The van der Waals surface area contributed by atoms with Crippen molar-refractivity contribution in [3.63, 3.8) is 0 Å². The van der Waals surface area contributed by atoms with Crippen LogP contribution in [-0.4, -0.2) is 22.4 Å². The van der Waals surface area contributed by atoms with E-state index < -0.39 is 5.60 Å². The van der Waals surface area contributed by atoms with Gasteiger partial charge in [0.1, 0.15) is 0 Å². The van der Waals surface area contributed by atoms with E-state index in [2.05, 4.69) is 27.7 Å². The minimum atomic E-state index is -0.416. The lowest BCUT2D eigenvalue weighted by Gasteiger charge is -2.64. The molecule has 0 spiro atoms. The van der Waals surface area contributed by atoms with E-state index in [1.54, 1.807) is 0 Å². The van der Waals surface area contributed by atoms with Gasteiger partial charge in [-0.25, -0.2) is 0 Å². The van der Waals surface area contributed by atoms with Crippen molar-refractivity contribution in [2.45, 2.75) is 77.1 Å². The Balaban J connectivity index is 1.89. The van der Waals surface area contributed by atoms with Gasteiger partial charge in [-0.05, 0) is 69.6 Å². The fourth-order valence-electron chi connectivity index (χ4n) is 5.53. The average molecular weight is 252 g/mol. The number of rotatable bonds is 3. The molecule has 0 heterocycles. The first kappa shape index (κ1) is 12.9. The monoisotopic (exact) mass is 252 g/mol. The first-order valence-electron chi connectivity index (χ1n) is 7.76. The van der Waals surface area contributed by atoms with Crippen molar-refractivity contribution in [3.8, 4) is 0 Å². The standard InChI is InChI=1S/C16H28O2/c1-10(2)16(17)13-5-12-6-14(16)9-15(7-12,8-13)18-11(3)4/h10-14,17H,5-9H2,1-4H3/t12?,13-,14?,15+,16+/m1/s1. The molecule has 0 saturated heterocycles. The molecule has 0 radical (unpaired) electrons. The van der Waals surface area contributed by atoms with E-state index in [-0.39, 0.29) is 5.60 Å². The Morgan fingerprint density at radius 1 is 1.00 bits per heavy atom. The largest absolute Gasteiger partial charge is 0.389 e. The van der Waals surface area contributed by atoms with E-state index in [1.165, 1.54) is 19.3 Å². The fraction of sp³-hybridized carbons (Fsp3) is 1.00. The molecule has 4 fully saturated rings. The predicted molar refractivity (Wildman–Crippen MR) is 72.3 cm³/mol. The maximum Gasteiger partial charge on any atom is 0.0728 e.